The number of hydrogen-bond donors (Lipinski definition) is 1. The van der Waals surface area contributed by atoms with Crippen LogP contribution in [0.3, 0.4) is 0 Å². The Bertz CT molecular complexity index is 566. The lowest BCUT2D eigenvalue weighted by atomic mass is 10.1. The van der Waals surface area contributed by atoms with Crippen LogP contribution in [-0.4, -0.2) is 6.61 Å². The van der Waals surface area contributed by atoms with Crippen LogP contribution in [0.25, 0.3) is 0 Å². The summed E-state index contributed by atoms with van der Waals surface area (Å²) in [4.78, 5) is 1.40. The molecule has 0 spiro atoms. The van der Waals surface area contributed by atoms with Crippen molar-refractivity contribution in [3.05, 3.63) is 45.6 Å². The fraction of sp³-hybridized carbons (Fsp3) is 0.375. The zero-order chi connectivity index (χ0) is 13.9. The molecule has 0 amide bonds. The summed E-state index contributed by atoms with van der Waals surface area (Å²) in [5.41, 5.74) is 1.06. The lowest BCUT2D eigenvalue weighted by Crippen LogP contribution is -2.11. The zero-order valence-corrected chi connectivity index (χ0v) is 13.0. The summed E-state index contributed by atoms with van der Waals surface area (Å²) in [5, 5.41) is 6.42. The molecule has 0 aliphatic heterocycles. The number of nitrogens with one attached hydrogen (secondary N) is 1. The van der Waals surface area contributed by atoms with Crippen molar-refractivity contribution in [1.82, 2.24) is 0 Å². The average molecular weight is 308 g/mol. The molecule has 3 rings (SSSR count). The third-order valence-corrected chi connectivity index (χ3v) is 4.75. The van der Waals surface area contributed by atoms with Gasteiger partial charge in [0.25, 0.3) is 0 Å². The highest BCUT2D eigenvalue weighted by Gasteiger charge is 2.32. The molecular formula is C16H18ClNOS. The highest BCUT2D eigenvalue weighted by molar-refractivity contribution is 7.10. The number of rotatable bonds is 6. The maximum atomic E-state index is 6.25. The first kappa shape index (κ1) is 13.8. The van der Waals surface area contributed by atoms with Crippen molar-refractivity contribution >= 4 is 28.6 Å². The van der Waals surface area contributed by atoms with Crippen molar-refractivity contribution in [3.63, 3.8) is 0 Å². The van der Waals surface area contributed by atoms with Gasteiger partial charge in [-0.2, -0.15) is 0 Å². The first-order valence-corrected chi connectivity index (χ1v) is 8.26. The van der Waals surface area contributed by atoms with E-state index in [2.05, 4.69) is 22.8 Å². The van der Waals surface area contributed by atoms with E-state index in [4.69, 9.17) is 16.3 Å². The Balaban J connectivity index is 1.77. The van der Waals surface area contributed by atoms with E-state index in [9.17, 15) is 0 Å². The predicted octanol–water partition coefficient (Wildman–Crippen LogP) is 5.36. The molecule has 0 saturated heterocycles. The van der Waals surface area contributed by atoms with E-state index < -0.39 is 0 Å². The molecule has 4 heteroatoms. The number of hydrogen-bond acceptors (Lipinski definition) is 3. The molecule has 1 N–H and O–H groups in total. The molecule has 1 saturated carbocycles. The molecule has 1 aromatic carbocycles. The number of thiophene rings is 1. The summed E-state index contributed by atoms with van der Waals surface area (Å²) in [6.07, 6.45) is 2.61. The molecule has 1 unspecified atom stereocenters. The van der Waals surface area contributed by atoms with Gasteiger partial charge in [0, 0.05) is 10.6 Å². The second-order valence-electron chi connectivity index (χ2n) is 5.05. The van der Waals surface area contributed by atoms with Crippen LogP contribution in [0.1, 0.15) is 30.7 Å². The summed E-state index contributed by atoms with van der Waals surface area (Å²) in [6, 6.07) is 10.7. The van der Waals surface area contributed by atoms with E-state index in [1.807, 2.05) is 36.5 Å². The molecule has 1 aliphatic carbocycles. The van der Waals surface area contributed by atoms with Crippen molar-refractivity contribution in [3.8, 4) is 5.75 Å². The van der Waals surface area contributed by atoms with E-state index in [1.165, 1.54) is 17.7 Å². The van der Waals surface area contributed by atoms with Gasteiger partial charge in [0.1, 0.15) is 5.75 Å². The molecule has 0 radical (unpaired) electrons. The maximum Gasteiger partial charge on any atom is 0.138 e. The lowest BCUT2D eigenvalue weighted by Gasteiger charge is -2.19. The summed E-state index contributed by atoms with van der Waals surface area (Å²) >= 11 is 8.06. The normalized spacial score (nSPS) is 15.9. The summed E-state index contributed by atoms with van der Waals surface area (Å²) in [7, 11) is 0. The zero-order valence-electron chi connectivity index (χ0n) is 11.4. The van der Waals surface area contributed by atoms with E-state index in [1.54, 1.807) is 0 Å². The third-order valence-electron chi connectivity index (χ3n) is 3.50. The molecule has 20 heavy (non-hydrogen) atoms. The van der Waals surface area contributed by atoms with Gasteiger partial charge in [-0.05, 0) is 55.3 Å². The molecule has 1 heterocycles. The summed E-state index contributed by atoms with van der Waals surface area (Å²) in [5.74, 6) is 1.50. The van der Waals surface area contributed by atoms with E-state index in [-0.39, 0.29) is 0 Å². The van der Waals surface area contributed by atoms with Crippen LogP contribution in [0, 0.1) is 5.92 Å². The van der Waals surface area contributed by atoms with E-state index >= 15 is 0 Å². The van der Waals surface area contributed by atoms with Gasteiger partial charge in [-0.3, -0.25) is 0 Å². The minimum absolute atomic E-state index is 0.406. The van der Waals surface area contributed by atoms with E-state index in [0.29, 0.717) is 17.7 Å². The van der Waals surface area contributed by atoms with Crippen molar-refractivity contribution in [2.24, 2.45) is 5.92 Å². The quantitative estimate of drug-likeness (QED) is 0.775. The van der Waals surface area contributed by atoms with Crippen LogP contribution in [0.5, 0.6) is 5.75 Å². The largest absolute Gasteiger partial charge is 0.492 e. The van der Waals surface area contributed by atoms with Crippen molar-refractivity contribution < 1.29 is 4.74 Å². The van der Waals surface area contributed by atoms with Gasteiger partial charge < -0.3 is 10.1 Å². The molecule has 2 aromatic rings. The van der Waals surface area contributed by atoms with Gasteiger partial charge in [-0.15, -0.1) is 11.3 Å². The fourth-order valence-corrected chi connectivity index (χ4v) is 3.47. The second kappa shape index (κ2) is 6.06. The third kappa shape index (κ3) is 3.10. The van der Waals surface area contributed by atoms with Gasteiger partial charge in [-0.1, -0.05) is 17.7 Å². The Morgan fingerprint density at radius 1 is 1.40 bits per heavy atom. The molecule has 2 nitrogen and oxygen atoms in total. The van der Waals surface area contributed by atoms with Crippen LogP contribution >= 0.6 is 22.9 Å². The summed E-state index contributed by atoms with van der Waals surface area (Å²) in [6.45, 7) is 2.59. The SMILES string of the molecule is CCOc1ccc(NC(c2cccs2)C2CC2)cc1Cl. The Morgan fingerprint density at radius 3 is 2.85 bits per heavy atom. The Kier molecular flexibility index (Phi) is 4.18. The number of ether oxygens (including phenoxy) is 1. The van der Waals surface area contributed by atoms with Crippen LogP contribution in [0.2, 0.25) is 5.02 Å². The molecule has 1 aliphatic rings. The maximum absolute atomic E-state index is 6.25. The first-order chi connectivity index (χ1) is 9.78. The standard InChI is InChI=1S/C16H18ClNOS/c1-2-19-14-8-7-12(10-13(14)17)18-16(11-5-6-11)15-4-3-9-20-15/h3-4,7-11,16,18H,2,5-6H2,1H3. The minimum atomic E-state index is 0.406. The van der Waals surface area contributed by atoms with Crippen LogP contribution < -0.4 is 10.1 Å². The molecule has 0 bridgehead atoms. The minimum Gasteiger partial charge on any atom is -0.492 e. The Hall–Kier alpha value is -1.19. The monoisotopic (exact) mass is 307 g/mol. The average Bonchev–Trinajstić information content (AvgIpc) is 3.13. The predicted molar refractivity (Wildman–Crippen MR) is 86.0 cm³/mol. The lowest BCUT2D eigenvalue weighted by molar-refractivity contribution is 0.340. The highest BCUT2D eigenvalue weighted by Crippen LogP contribution is 2.44. The van der Waals surface area contributed by atoms with Crippen molar-refractivity contribution in [1.29, 1.82) is 0 Å². The number of benzene rings is 1. The van der Waals surface area contributed by atoms with E-state index in [0.717, 1.165) is 17.4 Å². The van der Waals surface area contributed by atoms with Crippen LogP contribution in [0.4, 0.5) is 5.69 Å². The smallest absolute Gasteiger partial charge is 0.138 e. The topological polar surface area (TPSA) is 21.3 Å². The van der Waals surface area contributed by atoms with Gasteiger partial charge in [0.05, 0.1) is 17.7 Å². The highest BCUT2D eigenvalue weighted by atomic mass is 35.5. The number of anilines is 1. The first-order valence-electron chi connectivity index (χ1n) is 7.00. The fourth-order valence-electron chi connectivity index (χ4n) is 2.36. The van der Waals surface area contributed by atoms with Gasteiger partial charge >= 0.3 is 0 Å². The molecule has 1 fully saturated rings. The number of halogens is 1. The van der Waals surface area contributed by atoms with Crippen LogP contribution in [-0.2, 0) is 0 Å². The van der Waals surface area contributed by atoms with Gasteiger partial charge in [0.2, 0.25) is 0 Å². The molecular weight excluding hydrogens is 290 g/mol. The second-order valence-corrected chi connectivity index (χ2v) is 6.44. The van der Waals surface area contributed by atoms with Gasteiger partial charge in [0.15, 0.2) is 0 Å². The Labute approximate surface area is 128 Å². The molecule has 1 atom stereocenters. The summed E-state index contributed by atoms with van der Waals surface area (Å²) < 4.78 is 5.47. The van der Waals surface area contributed by atoms with Crippen molar-refractivity contribution in [2.45, 2.75) is 25.8 Å². The molecule has 1 aromatic heterocycles. The molecule has 106 valence electrons. The van der Waals surface area contributed by atoms with Crippen molar-refractivity contribution in [2.75, 3.05) is 11.9 Å². The Morgan fingerprint density at radius 2 is 2.25 bits per heavy atom. The van der Waals surface area contributed by atoms with Gasteiger partial charge in [-0.25, -0.2) is 0 Å². The van der Waals surface area contributed by atoms with Crippen LogP contribution in [0.15, 0.2) is 35.7 Å².